The number of ether oxygens (including phenoxy) is 2. The van der Waals surface area contributed by atoms with E-state index in [-0.39, 0.29) is 5.95 Å². The zero-order chi connectivity index (χ0) is 18.7. The Kier molecular flexibility index (Phi) is 5.29. The average molecular weight is 393 g/mol. The van der Waals surface area contributed by atoms with Crippen molar-refractivity contribution in [2.24, 2.45) is 0 Å². The maximum Gasteiger partial charge on any atom is 0.258 e. The number of aromatic amines is 1. The fourth-order valence-corrected chi connectivity index (χ4v) is 2.54. The lowest BCUT2D eigenvalue weighted by Gasteiger charge is -2.07. The number of carbonyl (C=O) groups is 1. The average Bonchev–Trinajstić information content (AvgIpc) is 3.11. The molecule has 0 aliphatic rings. The van der Waals surface area contributed by atoms with Crippen LogP contribution in [0.4, 0.5) is 5.95 Å². The van der Waals surface area contributed by atoms with Crippen LogP contribution in [0.25, 0.3) is 11.4 Å². The van der Waals surface area contributed by atoms with Crippen LogP contribution < -0.4 is 14.8 Å². The molecule has 0 spiro atoms. The van der Waals surface area contributed by atoms with Crippen molar-refractivity contribution < 1.29 is 14.3 Å². The predicted molar refractivity (Wildman–Crippen MR) is 99.3 cm³/mol. The van der Waals surface area contributed by atoms with E-state index in [0.717, 1.165) is 5.56 Å². The second-order valence-corrected chi connectivity index (χ2v) is 5.97. The Morgan fingerprint density at radius 3 is 2.50 bits per heavy atom. The lowest BCUT2D eigenvalue weighted by atomic mass is 10.2. The summed E-state index contributed by atoms with van der Waals surface area (Å²) in [4.78, 5) is 16.5. The molecule has 7 nitrogen and oxygen atoms in total. The summed E-state index contributed by atoms with van der Waals surface area (Å²) in [6.07, 6.45) is 0. The van der Waals surface area contributed by atoms with Gasteiger partial charge in [-0.1, -0.05) is 23.2 Å². The number of halogens is 2. The molecule has 0 saturated heterocycles. The first kappa shape index (κ1) is 18.0. The van der Waals surface area contributed by atoms with E-state index in [4.69, 9.17) is 32.7 Å². The van der Waals surface area contributed by atoms with Gasteiger partial charge in [-0.05, 0) is 36.4 Å². The summed E-state index contributed by atoms with van der Waals surface area (Å²) in [6, 6.07) is 9.89. The van der Waals surface area contributed by atoms with Crippen molar-refractivity contribution in [1.29, 1.82) is 0 Å². The molecule has 2 aromatic carbocycles. The molecular formula is C17H14Cl2N4O3. The minimum atomic E-state index is -0.401. The maximum absolute atomic E-state index is 12.3. The Bertz CT molecular complexity index is 959. The third kappa shape index (κ3) is 3.74. The SMILES string of the molecule is COc1ccc(-c2nc(NC(=O)c3ccc(Cl)c(Cl)c3)n[nH]2)cc1OC. The van der Waals surface area contributed by atoms with Crippen LogP contribution >= 0.6 is 23.2 Å². The summed E-state index contributed by atoms with van der Waals surface area (Å²) in [5, 5.41) is 10.0. The second-order valence-electron chi connectivity index (χ2n) is 5.16. The van der Waals surface area contributed by atoms with Crippen LogP contribution in [0, 0.1) is 0 Å². The van der Waals surface area contributed by atoms with E-state index in [9.17, 15) is 4.79 Å². The topological polar surface area (TPSA) is 89.1 Å². The second kappa shape index (κ2) is 7.63. The van der Waals surface area contributed by atoms with Gasteiger partial charge in [0.15, 0.2) is 17.3 Å². The molecule has 1 heterocycles. The summed E-state index contributed by atoms with van der Waals surface area (Å²) < 4.78 is 10.5. The van der Waals surface area contributed by atoms with E-state index in [0.29, 0.717) is 32.9 Å². The number of methoxy groups -OCH3 is 2. The highest BCUT2D eigenvalue weighted by Gasteiger charge is 2.13. The molecule has 0 aliphatic carbocycles. The molecule has 3 rings (SSSR count). The highest BCUT2D eigenvalue weighted by Crippen LogP contribution is 2.31. The minimum Gasteiger partial charge on any atom is -0.493 e. The van der Waals surface area contributed by atoms with Gasteiger partial charge in [-0.15, -0.1) is 5.10 Å². The van der Waals surface area contributed by atoms with E-state index in [1.165, 1.54) is 6.07 Å². The zero-order valence-corrected chi connectivity index (χ0v) is 15.4. The lowest BCUT2D eigenvalue weighted by molar-refractivity contribution is 0.102. The van der Waals surface area contributed by atoms with Gasteiger partial charge in [-0.2, -0.15) is 4.98 Å². The fraction of sp³-hybridized carbons (Fsp3) is 0.118. The number of anilines is 1. The van der Waals surface area contributed by atoms with Crippen LogP contribution in [0.15, 0.2) is 36.4 Å². The van der Waals surface area contributed by atoms with Gasteiger partial charge in [-0.25, -0.2) is 0 Å². The number of carbonyl (C=O) groups excluding carboxylic acids is 1. The first-order chi connectivity index (χ1) is 12.5. The Labute approximate surface area is 159 Å². The number of nitrogens with zero attached hydrogens (tertiary/aromatic N) is 2. The van der Waals surface area contributed by atoms with Gasteiger partial charge in [-0.3, -0.25) is 15.2 Å². The summed E-state index contributed by atoms with van der Waals surface area (Å²) in [5.74, 6) is 1.36. The standard InChI is InChI=1S/C17H14Cl2N4O3/c1-25-13-6-4-9(8-14(13)26-2)15-20-17(23-22-15)21-16(24)10-3-5-11(18)12(19)7-10/h3-8H,1-2H3,(H2,20,21,22,23,24). The smallest absolute Gasteiger partial charge is 0.258 e. The number of hydrogen-bond donors (Lipinski definition) is 2. The van der Waals surface area contributed by atoms with Gasteiger partial charge >= 0.3 is 0 Å². The first-order valence-corrected chi connectivity index (χ1v) is 8.18. The van der Waals surface area contributed by atoms with Crippen molar-refractivity contribution in [3.8, 4) is 22.9 Å². The number of rotatable bonds is 5. The summed E-state index contributed by atoms with van der Waals surface area (Å²) >= 11 is 11.8. The third-order valence-corrected chi connectivity index (χ3v) is 4.29. The Morgan fingerprint density at radius 1 is 1.04 bits per heavy atom. The third-order valence-electron chi connectivity index (χ3n) is 3.55. The molecule has 3 aromatic rings. The Morgan fingerprint density at radius 2 is 1.81 bits per heavy atom. The van der Waals surface area contributed by atoms with E-state index < -0.39 is 5.91 Å². The molecule has 1 amide bonds. The van der Waals surface area contributed by atoms with Gasteiger partial charge in [0, 0.05) is 11.1 Å². The molecule has 134 valence electrons. The molecule has 1 aromatic heterocycles. The predicted octanol–water partition coefficient (Wildman–Crippen LogP) is 4.05. The summed E-state index contributed by atoms with van der Waals surface area (Å²) in [7, 11) is 3.10. The van der Waals surface area contributed by atoms with Gasteiger partial charge < -0.3 is 9.47 Å². The molecule has 0 fully saturated rings. The van der Waals surface area contributed by atoms with Crippen LogP contribution in [-0.4, -0.2) is 35.3 Å². The van der Waals surface area contributed by atoms with Crippen molar-refractivity contribution in [1.82, 2.24) is 15.2 Å². The largest absolute Gasteiger partial charge is 0.493 e. The van der Waals surface area contributed by atoms with Gasteiger partial charge in [0.1, 0.15) is 0 Å². The number of hydrogen-bond acceptors (Lipinski definition) is 5. The number of nitrogens with one attached hydrogen (secondary N) is 2. The molecule has 2 N–H and O–H groups in total. The quantitative estimate of drug-likeness (QED) is 0.683. The van der Waals surface area contributed by atoms with E-state index in [1.54, 1.807) is 44.6 Å². The molecule has 0 unspecified atom stereocenters. The van der Waals surface area contributed by atoms with Gasteiger partial charge in [0.05, 0.1) is 24.3 Å². The van der Waals surface area contributed by atoms with Crippen molar-refractivity contribution in [2.45, 2.75) is 0 Å². The zero-order valence-electron chi connectivity index (χ0n) is 13.8. The fourth-order valence-electron chi connectivity index (χ4n) is 2.24. The molecular weight excluding hydrogens is 379 g/mol. The molecule has 0 atom stereocenters. The highest BCUT2D eigenvalue weighted by atomic mass is 35.5. The first-order valence-electron chi connectivity index (χ1n) is 7.43. The van der Waals surface area contributed by atoms with Crippen LogP contribution in [0.3, 0.4) is 0 Å². The van der Waals surface area contributed by atoms with Crippen LogP contribution in [0.5, 0.6) is 11.5 Å². The molecule has 0 radical (unpaired) electrons. The number of amides is 1. The van der Waals surface area contributed by atoms with Crippen molar-refractivity contribution in [3.63, 3.8) is 0 Å². The number of benzene rings is 2. The molecule has 0 aliphatic heterocycles. The van der Waals surface area contributed by atoms with Gasteiger partial charge in [0.25, 0.3) is 5.91 Å². The number of aromatic nitrogens is 3. The van der Waals surface area contributed by atoms with Crippen LogP contribution in [0.1, 0.15) is 10.4 Å². The monoisotopic (exact) mass is 392 g/mol. The Hall–Kier alpha value is -2.77. The van der Waals surface area contributed by atoms with Crippen molar-refractivity contribution >= 4 is 35.1 Å². The van der Waals surface area contributed by atoms with E-state index >= 15 is 0 Å². The van der Waals surface area contributed by atoms with E-state index in [1.807, 2.05) is 0 Å². The van der Waals surface area contributed by atoms with Crippen LogP contribution in [-0.2, 0) is 0 Å². The van der Waals surface area contributed by atoms with Crippen molar-refractivity contribution in [2.75, 3.05) is 19.5 Å². The normalized spacial score (nSPS) is 10.5. The Balaban J connectivity index is 1.79. The highest BCUT2D eigenvalue weighted by molar-refractivity contribution is 6.42. The number of H-pyrrole nitrogens is 1. The van der Waals surface area contributed by atoms with E-state index in [2.05, 4.69) is 20.5 Å². The lowest BCUT2D eigenvalue weighted by Crippen LogP contribution is -2.12. The molecule has 0 bridgehead atoms. The molecule has 9 heteroatoms. The van der Waals surface area contributed by atoms with Crippen molar-refractivity contribution in [3.05, 3.63) is 52.0 Å². The summed E-state index contributed by atoms with van der Waals surface area (Å²) in [6.45, 7) is 0. The van der Waals surface area contributed by atoms with Crippen LogP contribution in [0.2, 0.25) is 10.0 Å². The van der Waals surface area contributed by atoms with Gasteiger partial charge in [0.2, 0.25) is 5.95 Å². The minimum absolute atomic E-state index is 0.130. The summed E-state index contributed by atoms with van der Waals surface area (Å²) in [5.41, 5.74) is 1.07. The molecule has 0 saturated carbocycles. The maximum atomic E-state index is 12.3. The molecule has 26 heavy (non-hydrogen) atoms.